The molecule has 2 amide bonds. The van der Waals surface area contributed by atoms with Crippen molar-refractivity contribution in [3.8, 4) is 0 Å². The molecule has 0 fully saturated rings. The SMILES string of the molecule is NNC(=O)c1ccoc1Cn1cc(C(N)=O)cn1. The number of primary amides is 1. The van der Waals surface area contributed by atoms with Crippen molar-refractivity contribution in [3.63, 3.8) is 0 Å². The minimum atomic E-state index is -0.569. The monoisotopic (exact) mass is 249 g/mol. The third-order valence-electron chi connectivity index (χ3n) is 2.34. The van der Waals surface area contributed by atoms with Crippen LogP contribution in [0.15, 0.2) is 29.1 Å². The Kier molecular flexibility index (Phi) is 3.11. The number of carbonyl (C=O) groups is 2. The van der Waals surface area contributed by atoms with Gasteiger partial charge in [-0.25, -0.2) is 5.84 Å². The molecule has 8 heteroatoms. The van der Waals surface area contributed by atoms with Crippen molar-refractivity contribution in [2.24, 2.45) is 11.6 Å². The molecular weight excluding hydrogens is 238 g/mol. The van der Waals surface area contributed by atoms with E-state index in [1.165, 1.54) is 29.4 Å². The van der Waals surface area contributed by atoms with Crippen LogP contribution in [0.2, 0.25) is 0 Å². The van der Waals surface area contributed by atoms with Crippen molar-refractivity contribution in [1.82, 2.24) is 15.2 Å². The summed E-state index contributed by atoms with van der Waals surface area (Å²) in [7, 11) is 0. The van der Waals surface area contributed by atoms with E-state index in [9.17, 15) is 9.59 Å². The molecule has 2 aromatic heterocycles. The number of aromatic nitrogens is 2. The maximum absolute atomic E-state index is 11.4. The second-order valence-electron chi connectivity index (χ2n) is 3.52. The molecule has 0 atom stereocenters. The van der Waals surface area contributed by atoms with Crippen LogP contribution in [0.5, 0.6) is 0 Å². The number of carbonyl (C=O) groups excluding carboxylic acids is 2. The van der Waals surface area contributed by atoms with Gasteiger partial charge in [0, 0.05) is 6.20 Å². The molecule has 0 saturated carbocycles. The van der Waals surface area contributed by atoms with Gasteiger partial charge in [0.2, 0.25) is 0 Å². The first-order valence-corrected chi connectivity index (χ1v) is 5.01. The Morgan fingerprint density at radius 2 is 2.28 bits per heavy atom. The van der Waals surface area contributed by atoms with Gasteiger partial charge in [-0.1, -0.05) is 0 Å². The molecule has 2 aromatic rings. The van der Waals surface area contributed by atoms with Crippen molar-refractivity contribution in [2.45, 2.75) is 6.54 Å². The van der Waals surface area contributed by atoms with Crippen LogP contribution in [0.4, 0.5) is 0 Å². The summed E-state index contributed by atoms with van der Waals surface area (Å²) in [6.45, 7) is 0.197. The normalized spacial score (nSPS) is 10.3. The summed E-state index contributed by atoms with van der Waals surface area (Å²) in [5.41, 5.74) is 7.72. The Morgan fingerprint density at radius 3 is 2.89 bits per heavy atom. The molecule has 94 valence electrons. The largest absolute Gasteiger partial charge is 0.467 e. The summed E-state index contributed by atoms with van der Waals surface area (Å²) in [6, 6.07) is 1.50. The van der Waals surface area contributed by atoms with Gasteiger partial charge in [-0.15, -0.1) is 0 Å². The second kappa shape index (κ2) is 4.72. The van der Waals surface area contributed by atoms with Crippen molar-refractivity contribution in [3.05, 3.63) is 41.6 Å². The first-order chi connectivity index (χ1) is 8.61. The highest BCUT2D eigenvalue weighted by molar-refractivity contribution is 5.94. The molecule has 2 heterocycles. The molecule has 0 aliphatic rings. The van der Waals surface area contributed by atoms with Crippen molar-refractivity contribution in [2.75, 3.05) is 0 Å². The fraction of sp³-hybridized carbons (Fsp3) is 0.100. The summed E-state index contributed by atoms with van der Waals surface area (Å²) < 4.78 is 6.60. The van der Waals surface area contributed by atoms with E-state index in [0.717, 1.165) is 0 Å². The number of hydrazine groups is 1. The second-order valence-corrected chi connectivity index (χ2v) is 3.52. The molecule has 0 aromatic carbocycles. The predicted octanol–water partition coefficient (Wildman–Crippen LogP) is -0.773. The van der Waals surface area contributed by atoms with Gasteiger partial charge in [0.05, 0.1) is 30.1 Å². The molecule has 0 spiro atoms. The Hall–Kier alpha value is -2.61. The zero-order chi connectivity index (χ0) is 13.1. The van der Waals surface area contributed by atoms with Gasteiger partial charge < -0.3 is 10.2 Å². The van der Waals surface area contributed by atoms with E-state index in [-0.39, 0.29) is 12.1 Å². The van der Waals surface area contributed by atoms with E-state index in [0.29, 0.717) is 11.3 Å². The lowest BCUT2D eigenvalue weighted by Gasteiger charge is -2.01. The van der Waals surface area contributed by atoms with E-state index in [1.807, 2.05) is 5.43 Å². The molecule has 0 aliphatic heterocycles. The van der Waals surface area contributed by atoms with E-state index in [1.54, 1.807) is 0 Å². The maximum Gasteiger partial charge on any atom is 0.268 e. The number of hydrogen-bond acceptors (Lipinski definition) is 5. The minimum absolute atomic E-state index is 0.197. The van der Waals surface area contributed by atoms with Crippen LogP contribution in [0, 0.1) is 0 Å². The first kappa shape index (κ1) is 11.9. The molecule has 0 unspecified atom stereocenters. The fourth-order valence-corrected chi connectivity index (χ4v) is 1.47. The lowest BCUT2D eigenvalue weighted by atomic mass is 10.2. The van der Waals surface area contributed by atoms with Crippen LogP contribution >= 0.6 is 0 Å². The van der Waals surface area contributed by atoms with Crippen molar-refractivity contribution in [1.29, 1.82) is 0 Å². The van der Waals surface area contributed by atoms with E-state index in [2.05, 4.69) is 5.10 Å². The number of rotatable bonds is 4. The average Bonchev–Trinajstić information content (AvgIpc) is 2.97. The zero-order valence-corrected chi connectivity index (χ0v) is 9.29. The molecule has 0 radical (unpaired) electrons. The fourth-order valence-electron chi connectivity index (χ4n) is 1.47. The Bertz CT molecular complexity index is 586. The number of hydrogen-bond donors (Lipinski definition) is 3. The summed E-state index contributed by atoms with van der Waals surface area (Å²) >= 11 is 0. The van der Waals surface area contributed by atoms with Gasteiger partial charge in [0.25, 0.3) is 11.8 Å². The number of nitrogens with two attached hydrogens (primary N) is 2. The van der Waals surface area contributed by atoms with Crippen LogP contribution in [0.1, 0.15) is 26.5 Å². The smallest absolute Gasteiger partial charge is 0.268 e. The lowest BCUT2D eigenvalue weighted by Crippen LogP contribution is -2.30. The van der Waals surface area contributed by atoms with Gasteiger partial charge >= 0.3 is 0 Å². The quantitative estimate of drug-likeness (QED) is 0.372. The highest BCUT2D eigenvalue weighted by atomic mass is 16.3. The molecule has 0 bridgehead atoms. The van der Waals surface area contributed by atoms with Crippen LogP contribution < -0.4 is 17.0 Å². The number of furan rings is 1. The molecule has 18 heavy (non-hydrogen) atoms. The summed E-state index contributed by atoms with van der Waals surface area (Å²) in [5, 5.41) is 3.93. The van der Waals surface area contributed by atoms with Gasteiger partial charge in [0.1, 0.15) is 5.76 Å². The lowest BCUT2D eigenvalue weighted by molar-refractivity contribution is 0.0950. The predicted molar refractivity (Wildman–Crippen MR) is 60.2 cm³/mol. The summed E-state index contributed by atoms with van der Waals surface area (Å²) in [4.78, 5) is 22.3. The maximum atomic E-state index is 11.4. The molecule has 2 rings (SSSR count). The molecule has 8 nitrogen and oxygen atoms in total. The highest BCUT2D eigenvalue weighted by Crippen LogP contribution is 2.12. The molecular formula is C10H11N5O3. The van der Waals surface area contributed by atoms with Gasteiger partial charge in [-0.3, -0.25) is 19.7 Å². The van der Waals surface area contributed by atoms with Crippen LogP contribution in [-0.2, 0) is 6.54 Å². The number of nitrogens with zero attached hydrogens (tertiary/aromatic N) is 2. The average molecular weight is 249 g/mol. The molecule has 0 saturated heterocycles. The Balaban J connectivity index is 2.20. The van der Waals surface area contributed by atoms with Crippen molar-refractivity contribution >= 4 is 11.8 Å². The van der Waals surface area contributed by atoms with E-state index in [4.69, 9.17) is 16.0 Å². The number of amides is 2. The zero-order valence-electron chi connectivity index (χ0n) is 9.29. The topological polar surface area (TPSA) is 129 Å². The van der Waals surface area contributed by atoms with Crippen LogP contribution in [0.3, 0.4) is 0 Å². The number of nitrogens with one attached hydrogen (secondary N) is 1. The third kappa shape index (κ3) is 2.23. The first-order valence-electron chi connectivity index (χ1n) is 5.01. The van der Waals surface area contributed by atoms with Crippen LogP contribution in [0.25, 0.3) is 0 Å². The number of nitrogen functional groups attached to an aromatic ring is 1. The van der Waals surface area contributed by atoms with Gasteiger partial charge in [-0.05, 0) is 6.07 Å². The summed E-state index contributed by atoms with van der Waals surface area (Å²) in [6.07, 6.45) is 4.18. The minimum Gasteiger partial charge on any atom is -0.467 e. The Morgan fingerprint density at radius 1 is 1.50 bits per heavy atom. The van der Waals surface area contributed by atoms with Gasteiger partial charge in [0.15, 0.2) is 0 Å². The summed E-state index contributed by atoms with van der Waals surface area (Å²) in [5.74, 6) is 4.40. The highest BCUT2D eigenvalue weighted by Gasteiger charge is 2.14. The van der Waals surface area contributed by atoms with E-state index >= 15 is 0 Å². The molecule has 5 N–H and O–H groups in total. The van der Waals surface area contributed by atoms with Gasteiger partial charge in [-0.2, -0.15) is 5.10 Å². The molecule has 0 aliphatic carbocycles. The van der Waals surface area contributed by atoms with E-state index < -0.39 is 11.8 Å². The Labute approximate surface area is 102 Å². The van der Waals surface area contributed by atoms with Crippen molar-refractivity contribution < 1.29 is 14.0 Å². The van der Waals surface area contributed by atoms with Crippen LogP contribution in [-0.4, -0.2) is 21.6 Å². The standard InChI is InChI=1S/C10H11N5O3/c11-9(16)6-3-13-15(4-6)5-8-7(1-2-18-8)10(17)14-12/h1-4H,5,12H2,(H2,11,16)(H,14,17). The third-order valence-corrected chi connectivity index (χ3v) is 2.34.